The Hall–Kier alpha value is -2.55. The van der Waals surface area contributed by atoms with E-state index in [1.54, 1.807) is 17.8 Å². The third-order valence-electron chi connectivity index (χ3n) is 6.13. The molecule has 6 nitrogen and oxygen atoms in total. The van der Waals surface area contributed by atoms with Crippen molar-refractivity contribution in [1.29, 1.82) is 0 Å². The number of guanidine groups is 1. The van der Waals surface area contributed by atoms with Crippen molar-refractivity contribution in [3.63, 3.8) is 0 Å². The van der Waals surface area contributed by atoms with Crippen molar-refractivity contribution in [1.82, 2.24) is 25.3 Å². The minimum absolute atomic E-state index is 0.105. The fourth-order valence-electron chi connectivity index (χ4n) is 4.07. The number of benzene rings is 1. The van der Waals surface area contributed by atoms with Gasteiger partial charge in [-0.1, -0.05) is 24.6 Å². The van der Waals surface area contributed by atoms with E-state index in [9.17, 15) is 13.2 Å². The predicted molar refractivity (Wildman–Crippen MR) is 116 cm³/mol. The third kappa shape index (κ3) is 5.39. The lowest BCUT2D eigenvalue weighted by Gasteiger charge is -2.43. The molecule has 0 aliphatic heterocycles. The first-order valence-electron chi connectivity index (χ1n) is 10.4. The molecule has 0 saturated heterocycles. The third-order valence-corrected chi connectivity index (χ3v) is 6.13. The highest BCUT2D eigenvalue weighted by molar-refractivity contribution is 5.79. The number of aryl methyl sites for hydroxylation is 1. The molecular weight excluding hydrogens is 405 g/mol. The van der Waals surface area contributed by atoms with Crippen molar-refractivity contribution in [2.75, 3.05) is 34.2 Å². The van der Waals surface area contributed by atoms with Gasteiger partial charge in [0.25, 0.3) is 0 Å². The second-order valence-corrected chi connectivity index (χ2v) is 8.45. The number of likely N-dealkylation sites (N-methyl/N-ethyl adjacent to an activating group) is 1. The molecule has 9 heteroatoms. The summed E-state index contributed by atoms with van der Waals surface area (Å²) in [4.78, 5) is 6.41. The Morgan fingerprint density at radius 1 is 1.29 bits per heavy atom. The normalized spacial score (nSPS) is 17.4. The fourth-order valence-corrected chi connectivity index (χ4v) is 4.07. The van der Waals surface area contributed by atoms with Gasteiger partial charge in [0.1, 0.15) is 0 Å². The van der Waals surface area contributed by atoms with Crippen LogP contribution in [0.5, 0.6) is 0 Å². The maximum atomic E-state index is 13.2. The van der Waals surface area contributed by atoms with Crippen LogP contribution >= 0.6 is 0 Å². The number of aliphatic imine (C=N–C) groups is 1. The van der Waals surface area contributed by atoms with E-state index in [-0.39, 0.29) is 11.5 Å². The van der Waals surface area contributed by atoms with Crippen molar-refractivity contribution < 1.29 is 13.2 Å². The van der Waals surface area contributed by atoms with E-state index < -0.39 is 11.7 Å². The maximum absolute atomic E-state index is 13.2. The number of hydrogen-bond donors (Lipinski definition) is 2. The van der Waals surface area contributed by atoms with Gasteiger partial charge < -0.3 is 15.5 Å². The number of aromatic nitrogens is 2. The van der Waals surface area contributed by atoms with Crippen LogP contribution in [-0.4, -0.2) is 54.9 Å². The van der Waals surface area contributed by atoms with Crippen LogP contribution in [-0.2, 0) is 18.6 Å². The van der Waals surface area contributed by atoms with Gasteiger partial charge in [-0.3, -0.25) is 9.67 Å². The van der Waals surface area contributed by atoms with Gasteiger partial charge in [-0.25, -0.2) is 0 Å². The average Bonchev–Trinajstić information content (AvgIpc) is 3.11. The molecule has 1 saturated carbocycles. The molecule has 1 atom stereocenters. The summed E-state index contributed by atoms with van der Waals surface area (Å²) in [6, 6.07) is 5.83. The summed E-state index contributed by atoms with van der Waals surface area (Å²) in [6.45, 7) is 1.16. The second kappa shape index (κ2) is 9.30. The molecule has 0 bridgehead atoms. The lowest BCUT2D eigenvalue weighted by atomic mass is 9.64. The van der Waals surface area contributed by atoms with E-state index in [4.69, 9.17) is 0 Å². The van der Waals surface area contributed by atoms with E-state index in [0.717, 1.165) is 36.5 Å². The van der Waals surface area contributed by atoms with E-state index in [2.05, 4.69) is 25.6 Å². The maximum Gasteiger partial charge on any atom is 0.416 e. The number of alkyl halides is 3. The molecule has 0 spiro atoms. The highest BCUT2D eigenvalue weighted by Gasteiger charge is 2.40. The molecule has 1 aliphatic carbocycles. The van der Waals surface area contributed by atoms with Gasteiger partial charge in [-0.05, 0) is 38.6 Å². The van der Waals surface area contributed by atoms with Gasteiger partial charge in [-0.15, -0.1) is 0 Å². The molecule has 1 heterocycles. The molecule has 31 heavy (non-hydrogen) atoms. The Labute approximate surface area is 181 Å². The first-order chi connectivity index (χ1) is 14.6. The van der Waals surface area contributed by atoms with Crippen LogP contribution in [0.4, 0.5) is 13.2 Å². The Kier molecular flexibility index (Phi) is 6.93. The molecule has 2 aromatic rings. The van der Waals surface area contributed by atoms with Gasteiger partial charge in [0.2, 0.25) is 0 Å². The van der Waals surface area contributed by atoms with Gasteiger partial charge in [-0.2, -0.15) is 18.3 Å². The lowest BCUT2D eigenvalue weighted by molar-refractivity contribution is -0.137. The number of nitrogens with zero attached hydrogens (tertiary/aromatic N) is 4. The number of hydrogen-bond acceptors (Lipinski definition) is 3. The standard InChI is InChI=1S/C22H31F3N6/c1-26-20(27-13-19(30(2)3)16-12-29-31(4)14-16)28-15-21(9-6-10-21)17-7-5-8-18(11-17)22(23,24)25/h5,7-8,11-12,14,19H,6,9-10,13,15H2,1-4H3,(H2,26,27,28). The molecule has 1 fully saturated rings. The van der Waals surface area contributed by atoms with E-state index in [0.29, 0.717) is 19.0 Å². The zero-order valence-electron chi connectivity index (χ0n) is 18.5. The first kappa shape index (κ1) is 23.1. The van der Waals surface area contributed by atoms with Crippen molar-refractivity contribution in [2.24, 2.45) is 12.0 Å². The van der Waals surface area contributed by atoms with Crippen molar-refractivity contribution >= 4 is 5.96 Å². The summed E-state index contributed by atoms with van der Waals surface area (Å²) in [5.41, 5.74) is 0.931. The average molecular weight is 437 g/mol. The molecule has 1 aromatic carbocycles. The Balaban J connectivity index is 1.65. The van der Waals surface area contributed by atoms with Gasteiger partial charge in [0.15, 0.2) is 5.96 Å². The van der Waals surface area contributed by atoms with Crippen molar-refractivity contribution in [3.8, 4) is 0 Å². The van der Waals surface area contributed by atoms with Gasteiger partial charge in [0.05, 0.1) is 17.8 Å². The number of nitrogens with one attached hydrogen (secondary N) is 2. The van der Waals surface area contributed by atoms with Crippen LogP contribution in [0.3, 0.4) is 0 Å². The summed E-state index contributed by atoms with van der Waals surface area (Å²) in [5.74, 6) is 0.633. The largest absolute Gasteiger partial charge is 0.416 e. The van der Waals surface area contributed by atoms with Crippen molar-refractivity contribution in [2.45, 2.75) is 36.9 Å². The minimum Gasteiger partial charge on any atom is -0.356 e. The van der Waals surface area contributed by atoms with E-state index >= 15 is 0 Å². The van der Waals surface area contributed by atoms with Gasteiger partial charge in [0, 0.05) is 44.4 Å². The van der Waals surface area contributed by atoms with Crippen molar-refractivity contribution in [3.05, 3.63) is 53.3 Å². The van der Waals surface area contributed by atoms with Crippen LogP contribution in [0.25, 0.3) is 0 Å². The zero-order valence-corrected chi connectivity index (χ0v) is 18.5. The predicted octanol–water partition coefficient (Wildman–Crippen LogP) is 3.33. The number of rotatable bonds is 7. The summed E-state index contributed by atoms with van der Waals surface area (Å²) in [5, 5.41) is 10.9. The summed E-state index contributed by atoms with van der Waals surface area (Å²) in [6.07, 6.45) is 2.22. The monoisotopic (exact) mass is 436 g/mol. The summed E-state index contributed by atoms with van der Waals surface area (Å²) >= 11 is 0. The van der Waals surface area contributed by atoms with Crippen LogP contribution in [0.1, 0.15) is 42.0 Å². The fraction of sp³-hybridized carbons (Fsp3) is 0.545. The Bertz CT molecular complexity index is 899. The molecule has 0 radical (unpaired) electrons. The quantitative estimate of drug-likeness (QED) is 0.517. The molecular formula is C22H31F3N6. The lowest BCUT2D eigenvalue weighted by Crippen LogP contribution is -2.50. The zero-order chi connectivity index (χ0) is 22.6. The summed E-state index contributed by atoms with van der Waals surface area (Å²) < 4.78 is 41.3. The number of halogens is 3. The molecule has 2 N–H and O–H groups in total. The Morgan fingerprint density at radius 3 is 2.55 bits per heavy atom. The van der Waals surface area contributed by atoms with Crippen LogP contribution in [0.2, 0.25) is 0 Å². The topological polar surface area (TPSA) is 57.5 Å². The molecule has 1 unspecified atom stereocenters. The van der Waals surface area contributed by atoms with E-state index in [1.165, 1.54) is 12.1 Å². The first-order valence-corrected chi connectivity index (χ1v) is 10.4. The Morgan fingerprint density at radius 2 is 2.03 bits per heavy atom. The van der Waals surface area contributed by atoms with Crippen LogP contribution < -0.4 is 10.6 Å². The van der Waals surface area contributed by atoms with Crippen LogP contribution in [0, 0.1) is 0 Å². The smallest absolute Gasteiger partial charge is 0.356 e. The molecule has 1 aromatic heterocycles. The molecule has 1 aliphatic rings. The molecule has 0 amide bonds. The van der Waals surface area contributed by atoms with Crippen LogP contribution in [0.15, 0.2) is 41.7 Å². The molecule has 170 valence electrons. The second-order valence-electron chi connectivity index (χ2n) is 8.45. The highest BCUT2D eigenvalue weighted by atomic mass is 19.4. The summed E-state index contributed by atoms with van der Waals surface area (Å²) in [7, 11) is 7.59. The van der Waals surface area contributed by atoms with Gasteiger partial charge >= 0.3 is 6.18 Å². The molecule has 3 rings (SSSR count). The highest BCUT2D eigenvalue weighted by Crippen LogP contribution is 2.44. The SMILES string of the molecule is CN=C(NCC(c1cnn(C)c1)N(C)C)NCC1(c2cccc(C(F)(F)F)c2)CCC1. The van der Waals surface area contributed by atoms with E-state index in [1.807, 2.05) is 33.5 Å². The minimum atomic E-state index is -4.33.